The van der Waals surface area contributed by atoms with E-state index in [2.05, 4.69) is 10.2 Å². The lowest BCUT2D eigenvalue weighted by Crippen LogP contribution is -2.08. The molecule has 1 aromatic carbocycles. The van der Waals surface area contributed by atoms with E-state index in [1.807, 2.05) is 0 Å². The summed E-state index contributed by atoms with van der Waals surface area (Å²) in [5, 5.41) is 7.21. The summed E-state index contributed by atoms with van der Waals surface area (Å²) in [6.45, 7) is 0. The molecule has 0 saturated carbocycles. The molecule has 0 bridgehead atoms. The van der Waals surface area contributed by atoms with Crippen molar-refractivity contribution < 1.29 is 22.0 Å². The van der Waals surface area contributed by atoms with E-state index in [0.717, 1.165) is 6.07 Å². The molecule has 2 aromatic rings. The van der Waals surface area contributed by atoms with E-state index in [-0.39, 0.29) is 23.2 Å². The van der Waals surface area contributed by atoms with Crippen LogP contribution >= 0.6 is 11.6 Å². The number of alkyl halides is 4. The predicted octanol–water partition coefficient (Wildman–Crippen LogP) is 3.68. The summed E-state index contributed by atoms with van der Waals surface area (Å²) < 4.78 is 55.9. The highest BCUT2D eigenvalue weighted by atomic mass is 35.5. The van der Waals surface area contributed by atoms with Gasteiger partial charge < -0.3 is 4.42 Å². The summed E-state index contributed by atoms with van der Waals surface area (Å²) in [6, 6.07) is 2.49. The molecule has 0 unspecified atom stereocenters. The summed E-state index contributed by atoms with van der Waals surface area (Å²) in [5.41, 5.74) is -1.37. The average Bonchev–Trinajstić information content (AvgIpc) is 2.77. The SMILES string of the molecule is Fc1ccc(-c2nnc(CCCl)o2)cc1C(F)(F)F. The second kappa shape index (κ2) is 5.16. The van der Waals surface area contributed by atoms with Gasteiger partial charge in [-0.2, -0.15) is 13.2 Å². The zero-order valence-corrected chi connectivity index (χ0v) is 10.1. The van der Waals surface area contributed by atoms with Crippen molar-refractivity contribution >= 4 is 11.6 Å². The van der Waals surface area contributed by atoms with Crippen LogP contribution in [-0.2, 0) is 12.6 Å². The third kappa shape index (κ3) is 3.04. The van der Waals surface area contributed by atoms with E-state index in [4.69, 9.17) is 16.0 Å². The molecule has 2 rings (SSSR count). The van der Waals surface area contributed by atoms with Gasteiger partial charge in [0.15, 0.2) is 0 Å². The van der Waals surface area contributed by atoms with Crippen molar-refractivity contribution in [2.75, 3.05) is 5.88 Å². The molecule has 102 valence electrons. The Hall–Kier alpha value is -1.63. The molecule has 19 heavy (non-hydrogen) atoms. The first-order valence-electron chi connectivity index (χ1n) is 5.17. The van der Waals surface area contributed by atoms with Crippen LogP contribution in [0, 0.1) is 5.82 Å². The van der Waals surface area contributed by atoms with Gasteiger partial charge in [0.05, 0.1) is 5.56 Å². The fraction of sp³-hybridized carbons (Fsp3) is 0.273. The van der Waals surface area contributed by atoms with Crippen LogP contribution in [0.5, 0.6) is 0 Å². The fourth-order valence-corrected chi connectivity index (χ4v) is 1.59. The highest BCUT2D eigenvalue weighted by Gasteiger charge is 2.34. The summed E-state index contributed by atoms with van der Waals surface area (Å²) >= 11 is 5.47. The standard InChI is InChI=1S/C11H7ClF4N2O/c12-4-3-9-17-18-10(19-9)6-1-2-8(13)7(5-6)11(14,15)16/h1-2,5H,3-4H2. The molecular formula is C11H7ClF4N2O. The van der Waals surface area contributed by atoms with E-state index < -0.39 is 17.6 Å². The molecule has 0 aliphatic rings. The molecule has 0 fully saturated rings. The topological polar surface area (TPSA) is 38.9 Å². The minimum absolute atomic E-state index is 0.00190. The van der Waals surface area contributed by atoms with Crippen LogP contribution in [0.15, 0.2) is 22.6 Å². The highest BCUT2D eigenvalue weighted by molar-refractivity contribution is 6.17. The Bertz CT molecular complexity index is 582. The lowest BCUT2D eigenvalue weighted by atomic mass is 10.1. The second-order valence-electron chi connectivity index (χ2n) is 3.63. The zero-order valence-electron chi connectivity index (χ0n) is 9.34. The Morgan fingerprint density at radius 1 is 1.21 bits per heavy atom. The van der Waals surface area contributed by atoms with Crippen molar-refractivity contribution in [1.82, 2.24) is 10.2 Å². The maximum Gasteiger partial charge on any atom is 0.419 e. The number of rotatable bonds is 3. The summed E-state index contributed by atoms with van der Waals surface area (Å²) in [6.07, 6.45) is -4.47. The molecule has 8 heteroatoms. The number of aromatic nitrogens is 2. The first-order chi connectivity index (χ1) is 8.91. The molecule has 1 heterocycles. The molecule has 0 aliphatic carbocycles. The molecule has 0 spiro atoms. The minimum atomic E-state index is -4.78. The van der Waals surface area contributed by atoms with E-state index in [0.29, 0.717) is 18.6 Å². The van der Waals surface area contributed by atoms with Crippen LogP contribution in [0.3, 0.4) is 0 Å². The molecule has 0 N–H and O–H groups in total. The van der Waals surface area contributed by atoms with Crippen molar-refractivity contribution in [2.24, 2.45) is 0 Å². The Labute approximate surface area is 110 Å². The largest absolute Gasteiger partial charge is 0.421 e. The van der Waals surface area contributed by atoms with E-state index in [1.165, 1.54) is 0 Å². The van der Waals surface area contributed by atoms with Gasteiger partial charge in [-0.1, -0.05) is 0 Å². The summed E-state index contributed by atoms with van der Waals surface area (Å²) in [7, 11) is 0. The van der Waals surface area contributed by atoms with E-state index in [9.17, 15) is 17.6 Å². The van der Waals surface area contributed by atoms with Crippen LogP contribution < -0.4 is 0 Å². The highest BCUT2D eigenvalue weighted by Crippen LogP contribution is 2.33. The van der Waals surface area contributed by atoms with Crippen LogP contribution in [0.1, 0.15) is 11.5 Å². The molecular weight excluding hydrogens is 288 g/mol. The molecule has 3 nitrogen and oxygen atoms in total. The van der Waals surface area contributed by atoms with Crippen molar-refractivity contribution in [1.29, 1.82) is 0 Å². The maximum absolute atomic E-state index is 13.1. The van der Waals surface area contributed by atoms with Crippen LogP contribution in [0.2, 0.25) is 0 Å². The summed E-state index contributed by atoms with van der Waals surface area (Å²) in [4.78, 5) is 0. The molecule has 1 aromatic heterocycles. The van der Waals surface area contributed by atoms with Crippen molar-refractivity contribution in [3.05, 3.63) is 35.5 Å². The average molecular weight is 295 g/mol. The van der Waals surface area contributed by atoms with E-state index >= 15 is 0 Å². The van der Waals surface area contributed by atoms with Crippen LogP contribution in [-0.4, -0.2) is 16.1 Å². The third-order valence-corrected chi connectivity index (χ3v) is 2.48. The van der Waals surface area contributed by atoms with Crippen LogP contribution in [0.4, 0.5) is 17.6 Å². The predicted molar refractivity (Wildman–Crippen MR) is 59.1 cm³/mol. The lowest BCUT2D eigenvalue weighted by molar-refractivity contribution is -0.139. The molecule has 0 amide bonds. The smallest absolute Gasteiger partial charge is 0.419 e. The van der Waals surface area contributed by atoms with Crippen molar-refractivity contribution in [3.63, 3.8) is 0 Å². The second-order valence-corrected chi connectivity index (χ2v) is 4.01. The maximum atomic E-state index is 13.1. The first kappa shape index (κ1) is 13.8. The van der Waals surface area contributed by atoms with Gasteiger partial charge in [-0.15, -0.1) is 21.8 Å². The Balaban J connectivity index is 2.39. The van der Waals surface area contributed by atoms with Gasteiger partial charge in [-0.05, 0) is 18.2 Å². The van der Waals surface area contributed by atoms with Gasteiger partial charge in [-0.3, -0.25) is 0 Å². The van der Waals surface area contributed by atoms with Crippen LogP contribution in [0.25, 0.3) is 11.5 Å². The normalized spacial score (nSPS) is 11.8. The van der Waals surface area contributed by atoms with Gasteiger partial charge in [0.25, 0.3) is 0 Å². The molecule has 0 saturated heterocycles. The van der Waals surface area contributed by atoms with Gasteiger partial charge in [0.1, 0.15) is 5.82 Å². The number of hydrogen-bond acceptors (Lipinski definition) is 3. The number of benzene rings is 1. The fourth-order valence-electron chi connectivity index (χ4n) is 1.43. The van der Waals surface area contributed by atoms with Gasteiger partial charge in [0, 0.05) is 17.9 Å². The van der Waals surface area contributed by atoms with Crippen molar-refractivity contribution in [2.45, 2.75) is 12.6 Å². The first-order valence-corrected chi connectivity index (χ1v) is 5.70. The lowest BCUT2D eigenvalue weighted by Gasteiger charge is -2.08. The number of halogens is 5. The number of hydrogen-bond donors (Lipinski definition) is 0. The minimum Gasteiger partial charge on any atom is -0.421 e. The monoisotopic (exact) mass is 294 g/mol. The molecule has 0 aliphatic heterocycles. The van der Waals surface area contributed by atoms with Gasteiger partial charge in [-0.25, -0.2) is 4.39 Å². The van der Waals surface area contributed by atoms with Crippen molar-refractivity contribution in [3.8, 4) is 11.5 Å². The third-order valence-electron chi connectivity index (χ3n) is 2.29. The van der Waals surface area contributed by atoms with E-state index in [1.54, 1.807) is 0 Å². The zero-order chi connectivity index (χ0) is 14.0. The Morgan fingerprint density at radius 2 is 1.95 bits per heavy atom. The quantitative estimate of drug-likeness (QED) is 0.640. The number of nitrogens with zero attached hydrogens (tertiary/aromatic N) is 2. The molecule has 0 atom stereocenters. The Kier molecular flexibility index (Phi) is 3.75. The molecule has 0 radical (unpaired) electrons. The summed E-state index contributed by atoms with van der Waals surface area (Å²) in [5.74, 6) is -0.996. The van der Waals surface area contributed by atoms with Gasteiger partial charge >= 0.3 is 6.18 Å². The number of aryl methyl sites for hydroxylation is 1. The van der Waals surface area contributed by atoms with Gasteiger partial charge in [0.2, 0.25) is 11.8 Å². The Morgan fingerprint density at radius 3 is 2.58 bits per heavy atom.